The number of ether oxygens (including phenoxy) is 2. The number of nitrogens with two attached hydrogens (primary N) is 1. The van der Waals surface area contributed by atoms with Gasteiger partial charge in [0.15, 0.2) is 0 Å². The van der Waals surface area contributed by atoms with Crippen molar-refractivity contribution in [3.8, 4) is 0 Å². The number of nitrogen functional groups attached to an aromatic ring is 1. The lowest BCUT2D eigenvalue weighted by molar-refractivity contribution is -0.0148. The second kappa shape index (κ2) is 6.41. The van der Waals surface area contributed by atoms with Crippen molar-refractivity contribution in [1.82, 2.24) is 5.32 Å². The molecule has 1 saturated heterocycles. The highest BCUT2D eigenvalue weighted by molar-refractivity contribution is 6.31. The minimum Gasteiger partial charge on any atom is -0.378 e. The van der Waals surface area contributed by atoms with E-state index in [2.05, 4.69) is 10.7 Å². The monoisotopic (exact) mass is 299 g/mol. The number of carbonyl (C=O) groups is 1. The van der Waals surface area contributed by atoms with E-state index in [-0.39, 0.29) is 5.91 Å². The molecule has 110 valence electrons. The zero-order valence-electron chi connectivity index (χ0n) is 11.2. The van der Waals surface area contributed by atoms with E-state index in [1.54, 1.807) is 25.3 Å². The van der Waals surface area contributed by atoms with Gasteiger partial charge in [-0.1, -0.05) is 11.6 Å². The average molecular weight is 300 g/mol. The summed E-state index contributed by atoms with van der Waals surface area (Å²) < 4.78 is 10.8. The standard InChI is InChI=1S/C13H18ClN3O3/c1-19-13(4-5-20-8-13)7-16-12(18)10-6-9(14)2-3-11(10)17-15/h2-3,6,17H,4-5,7-8,15H2,1H3,(H,16,18). The van der Waals surface area contributed by atoms with Crippen molar-refractivity contribution in [2.75, 3.05) is 32.3 Å². The Morgan fingerprint density at radius 3 is 3.00 bits per heavy atom. The van der Waals surface area contributed by atoms with E-state index < -0.39 is 5.60 Å². The molecule has 0 aliphatic carbocycles. The molecule has 2 rings (SSSR count). The summed E-state index contributed by atoms with van der Waals surface area (Å²) in [6.07, 6.45) is 0.751. The summed E-state index contributed by atoms with van der Waals surface area (Å²) in [4.78, 5) is 12.2. The van der Waals surface area contributed by atoms with Crippen LogP contribution >= 0.6 is 11.6 Å². The fraction of sp³-hybridized carbons (Fsp3) is 0.462. The van der Waals surface area contributed by atoms with Gasteiger partial charge in [0.1, 0.15) is 5.60 Å². The highest BCUT2D eigenvalue weighted by Crippen LogP contribution is 2.23. The molecule has 1 aliphatic heterocycles. The first-order chi connectivity index (χ1) is 9.60. The number of anilines is 1. The number of amides is 1. The molecule has 7 heteroatoms. The van der Waals surface area contributed by atoms with Gasteiger partial charge in [-0.2, -0.15) is 0 Å². The van der Waals surface area contributed by atoms with Crippen molar-refractivity contribution in [1.29, 1.82) is 0 Å². The molecular formula is C13H18ClN3O3. The topological polar surface area (TPSA) is 85.6 Å². The molecule has 1 unspecified atom stereocenters. The quantitative estimate of drug-likeness (QED) is 0.561. The largest absolute Gasteiger partial charge is 0.378 e. The number of hydrogen-bond acceptors (Lipinski definition) is 5. The van der Waals surface area contributed by atoms with Crippen LogP contribution in [0.25, 0.3) is 0 Å². The maximum absolute atomic E-state index is 12.2. The zero-order chi connectivity index (χ0) is 14.6. The van der Waals surface area contributed by atoms with Crippen molar-refractivity contribution in [3.05, 3.63) is 28.8 Å². The van der Waals surface area contributed by atoms with Crippen molar-refractivity contribution < 1.29 is 14.3 Å². The number of hydrazine groups is 1. The normalized spacial score (nSPS) is 21.8. The second-order valence-corrected chi connectivity index (χ2v) is 5.14. The van der Waals surface area contributed by atoms with E-state index in [0.29, 0.717) is 36.0 Å². The van der Waals surface area contributed by atoms with Gasteiger partial charge < -0.3 is 20.2 Å². The van der Waals surface area contributed by atoms with Gasteiger partial charge in [-0.05, 0) is 18.2 Å². The van der Waals surface area contributed by atoms with Crippen LogP contribution in [0.2, 0.25) is 5.02 Å². The molecule has 1 amide bonds. The van der Waals surface area contributed by atoms with Gasteiger partial charge in [0.05, 0.1) is 17.9 Å². The van der Waals surface area contributed by atoms with Gasteiger partial charge in [0.2, 0.25) is 0 Å². The van der Waals surface area contributed by atoms with Crippen LogP contribution in [0, 0.1) is 0 Å². The lowest BCUT2D eigenvalue weighted by Gasteiger charge is -2.26. The SMILES string of the molecule is COC1(CNC(=O)c2cc(Cl)ccc2NN)CCOC1. The first-order valence-corrected chi connectivity index (χ1v) is 6.65. The van der Waals surface area contributed by atoms with Crippen molar-refractivity contribution in [3.63, 3.8) is 0 Å². The molecule has 1 fully saturated rings. The molecule has 1 atom stereocenters. The molecule has 6 nitrogen and oxygen atoms in total. The number of hydrogen-bond donors (Lipinski definition) is 3. The van der Waals surface area contributed by atoms with Gasteiger partial charge in [0, 0.05) is 31.7 Å². The third kappa shape index (κ3) is 3.21. The maximum atomic E-state index is 12.2. The smallest absolute Gasteiger partial charge is 0.253 e. The molecule has 4 N–H and O–H groups in total. The van der Waals surface area contributed by atoms with Crippen LogP contribution in [-0.4, -0.2) is 38.4 Å². The van der Waals surface area contributed by atoms with Crippen molar-refractivity contribution in [2.45, 2.75) is 12.0 Å². The van der Waals surface area contributed by atoms with Gasteiger partial charge in [-0.25, -0.2) is 0 Å². The summed E-state index contributed by atoms with van der Waals surface area (Å²) in [5.41, 5.74) is 2.93. The first-order valence-electron chi connectivity index (χ1n) is 6.27. The average Bonchev–Trinajstić information content (AvgIpc) is 2.94. The van der Waals surface area contributed by atoms with Crippen LogP contribution in [0.5, 0.6) is 0 Å². The Morgan fingerprint density at radius 1 is 1.60 bits per heavy atom. The molecule has 0 spiro atoms. The maximum Gasteiger partial charge on any atom is 0.253 e. The van der Waals surface area contributed by atoms with E-state index in [1.165, 1.54) is 0 Å². The summed E-state index contributed by atoms with van der Waals surface area (Å²) in [5.74, 6) is 5.13. The van der Waals surface area contributed by atoms with Crippen LogP contribution < -0.4 is 16.6 Å². The number of carbonyl (C=O) groups excluding carboxylic acids is 1. The lowest BCUT2D eigenvalue weighted by Crippen LogP contribution is -2.45. The van der Waals surface area contributed by atoms with Crippen molar-refractivity contribution in [2.24, 2.45) is 5.84 Å². The van der Waals surface area contributed by atoms with E-state index >= 15 is 0 Å². The van der Waals surface area contributed by atoms with Crippen LogP contribution in [0.1, 0.15) is 16.8 Å². The molecule has 0 saturated carbocycles. The minimum atomic E-state index is -0.454. The molecule has 0 radical (unpaired) electrons. The molecular weight excluding hydrogens is 282 g/mol. The Kier molecular flexibility index (Phi) is 4.82. The number of rotatable bonds is 5. The summed E-state index contributed by atoms with van der Waals surface area (Å²) in [6.45, 7) is 1.48. The lowest BCUT2D eigenvalue weighted by atomic mass is 10.0. The number of halogens is 1. The Bertz CT molecular complexity index is 490. The first kappa shape index (κ1) is 15.1. The van der Waals surface area contributed by atoms with E-state index in [9.17, 15) is 4.79 Å². The molecule has 1 aromatic carbocycles. The molecule has 1 aliphatic rings. The predicted molar refractivity (Wildman–Crippen MR) is 76.8 cm³/mol. The third-order valence-corrected chi connectivity index (χ3v) is 3.69. The zero-order valence-corrected chi connectivity index (χ0v) is 12.0. The van der Waals surface area contributed by atoms with E-state index in [1.807, 2.05) is 0 Å². The molecule has 1 heterocycles. The second-order valence-electron chi connectivity index (χ2n) is 4.71. The third-order valence-electron chi connectivity index (χ3n) is 3.45. The Morgan fingerprint density at radius 2 is 2.40 bits per heavy atom. The fourth-order valence-corrected chi connectivity index (χ4v) is 2.30. The summed E-state index contributed by atoms with van der Waals surface area (Å²) in [7, 11) is 1.62. The fourth-order valence-electron chi connectivity index (χ4n) is 2.13. The Hall–Kier alpha value is -1.34. The number of methoxy groups -OCH3 is 1. The predicted octanol–water partition coefficient (Wildman–Crippen LogP) is 1.16. The van der Waals surface area contributed by atoms with Crippen LogP contribution in [0.15, 0.2) is 18.2 Å². The van der Waals surface area contributed by atoms with Gasteiger partial charge in [-0.3, -0.25) is 10.6 Å². The van der Waals surface area contributed by atoms with Crippen molar-refractivity contribution >= 4 is 23.2 Å². The van der Waals surface area contributed by atoms with Gasteiger partial charge >= 0.3 is 0 Å². The van der Waals surface area contributed by atoms with E-state index in [0.717, 1.165) is 6.42 Å². The van der Waals surface area contributed by atoms with Crippen LogP contribution in [-0.2, 0) is 9.47 Å². The summed E-state index contributed by atoms with van der Waals surface area (Å²) in [6, 6.07) is 4.88. The van der Waals surface area contributed by atoms with Gasteiger partial charge in [-0.15, -0.1) is 0 Å². The Balaban J connectivity index is 2.06. The molecule has 1 aromatic rings. The summed E-state index contributed by atoms with van der Waals surface area (Å²) >= 11 is 5.91. The highest BCUT2D eigenvalue weighted by Gasteiger charge is 2.35. The van der Waals surface area contributed by atoms with E-state index in [4.69, 9.17) is 26.9 Å². The number of benzene rings is 1. The highest BCUT2D eigenvalue weighted by atomic mass is 35.5. The summed E-state index contributed by atoms with van der Waals surface area (Å²) in [5, 5.41) is 3.31. The van der Waals surface area contributed by atoms with Crippen LogP contribution in [0.4, 0.5) is 5.69 Å². The Labute approximate surface area is 122 Å². The van der Waals surface area contributed by atoms with Crippen LogP contribution in [0.3, 0.4) is 0 Å². The molecule has 0 aromatic heterocycles. The number of nitrogens with one attached hydrogen (secondary N) is 2. The minimum absolute atomic E-state index is 0.260. The molecule has 20 heavy (non-hydrogen) atoms. The molecule has 0 bridgehead atoms. The van der Waals surface area contributed by atoms with Gasteiger partial charge in [0.25, 0.3) is 5.91 Å².